The number of amides is 1. The number of carbonyl (C=O) groups is 1. The normalized spacial score (nSPS) is 35.5. The van der Waals surface area contributed by atoms with Crippen molar-refractivity contribution in [1.29, 1.82) is 0 Å². The average molecular weight is 411 g/mol. The Hall–Kier alpha value is 0.430. The van der Waals surface area contributed by atoms with Crippen LogP contribution in [0.3, 0.4) is 0 Å². The summed E-state index contributed by atoms with van der Waals surface area (Å²) < 4.78 is 21.9. The van der Waals surface area contributed by atoms with Gasteiger partial charge in [-0.25, -0.2) is 4.99 Å². The first-order chi connectivity index (χ1) is 11.5. The number of carbonyl (C=O) groups excluding carboxylic acids is 1. The van der Waals surface area contributed by atoms with Gasteiger partial charge in [0.15, 0.2) is 12.2 Å². The van der Waals surface area contributed by atoms with Crippen molar-refractivity contribution in [3.8, 4) is 0 Å². The first-order valence-electron chi connectivity index (χ1n) is 6.85. The van der Waals surface area contributed by atoms with Crippen molar-refractivity contribution in [2.45, 2.75) is 30.6 Å². The van der Waals surface area contributed by atoms with E-state index in [1.807, 2.05) is 0 Å². The maximum Gasteiger partial charge on any atom is 1.00 e. The third kappa shape index (κ3) is 6.50. The Bertz CT molecular complexity index is 683. The molecule has 13 nitrogen and oxygen atoms in total. The molecule has 1 unspecified atom stereocenters. The van der Waals surface area contributed by atoms with Crippen LogP contribution in [0.5, 0.6) is 0 Å². The molecule has 0 saturated carbocycles. The van der Waals surface area contributed by atoms with Gasteiger partial charge in [0.05, 0.1) is 22.1 Å². The van der Waals surface area contributed by atoms with Crippen LogP contribution in [-0.2, 0) is 14.1 Å². The number of hydrogen-bond donors (Lipinski definition) is 4. The third-order valence-corrected chi connectivity index (χ3v) is 3.12. The van der Waals surface area contributed by atoms with Gasteiger partial charge in [-0.3, -0.25) is 14.7 Å². The second-order valence-electron chi connectivity index (χ2n) is 4.70. The van der Waals surface area contributed by atoms with E-state index in [2.05, 4.69) is 15.0 Å². The molecule has 1 fully saturated rings. The number of rotatable bonds is 2. The van der Waals surface area contributed by atoms with E-state index in [0.29, 0.717) is 0 Å². The molecule has 4 N–H and O–H groups in total. The Kier molecular flexibility index (Phi) is 10.2. The zero-order valence-corrected chi connectivity index (χ0v) is 18.6. The Labute approximate surface area is 192 Å². The zero-order valence-electron chi connectivity index (χ0n) is 14.7. The summed E-state index contributed by atoms with van der Waals surface area (Å²) in [6, 6.07) is -1.99. The fourth-order valence-corrected chi connectivity index (χ4v) is 2.13. The summed E-state index contributed by atoms with van der Waals surface area (Å²) in [7, 11) is -5.14. The minimum Gasteiger partial charge on any atom is -0.790 e. The van der Waals surface area contributed by atoms with Gasteiger partial charge in [-0.1, -0.05) is 0 Å². The smallest absolute Gasteiger partial charge is 0.790 e. The molecule has 16 heteroatoms. The van der Waals surface area contributed by atoms with Crippen molar-refractivity contribution in [1.82, 2.24) is 4.90 Å². The van der Waals surface area contributed by atoms with E-state index >= 15 is 0 Å². The molecule has 0 aromatic rings. The summed E-state index contributed by atoms with van der Waals surface area (Å²) in [4.78, 5) is 48.1. The third-order valence-electron chi connectivity index (χ3n) is 3.12. The minimum atomic E-state index is -5.14. The number of fused-ring (bicyclic) bond motifs is 1. The quantitative estimate of drug-likeness (QED) is 0.249. The molecule has 3 heterocycles. The Morgan fingerprint density at radius 2 is 1.92 bits per heavy atom. The largest absolute Gasteiger partial charge is 1.00 e. The summed E-state index contributed by atoms with van der Waals surface area (Å²) in [5, 5.41) is 28.7. The minimum absolute atomic E-state index is 0. The number of phosphoric acid groups is 1. The molecule has 26 heavy (non-hydrogen) atoms. The van der Waals surface area contributed by atoms with Gasteiger partial charge in [-0.05, 0) is 0 Å². The first-order valence-corrected chi connectivity index (χ1v) is 7.84. The second-order valence-corrected chi connectivity index (χ2v) is 5.64. The molecule has 3 rings (SSSR count). The number of nitrogens with zero attached hydrogens (tertiary/aromatic N) is 4. The fourth-order valence-electron chi connectivity index (χ4n) is 2.13. The van der Waals surface area contributed by atoms with Gasteiger partial charge in [0.2, 0.25) is 0 Å². The summed E-state index contributed by atoms with van der Waals surface area (Å²) in [6.45, 7) is -0.474. The average Bonchev–Trinajstić information content (AvgIpc) is 2.98. The van der Waals surface area contributed by atoms with E-state index in [4.69, 9.17) is 30.5 Å². The van der Waals surface area contributed by atoms with E-state index in [-0.39, 0.29) is 65.0 Å². The molecule has 1 saturated heterocycles. The van der Waals surface area contributed by atoms with Crippen LogP contribution in [0.25, 0.3) is 0 Å². The molecule has 0 aromatic carbocycles. The fraction of sp³-hybridized carbons (Fsp3) is 0.600. The van der Waals surface area contributed by atoms with E-state index < -0.39 is 50.9 Å². The molecule has 0 bridgehead atoms. The van der Waals surface area contributed by atoms with Gasteiger partial charge in [-0.15, -0.1) is 0 Å². The number of hydrogen-bond acceptors (Lipinski definition) is 11. The maximum atomic E-state index is 11.6. The molecule has 0 aliphatic carbocycles. The maximum absolute atomic E-state index is 11.6. The van der Waals surface area contributed by atoms with Crippen LogP contribution in [0.1, 0.15) is 1.37 Å². The van der Waals surface area contributed by atoms with Crippen LogP contribution in [0.15, 0.2) is 15.0 Å². The van der Waals surface area contributed by atoms with Gasteiger partial charge < -0.3 is 39.3 Å². The Balaban J connectivity index is 0.000000864. The predicted octanol–water partition coefficient (Wildman–Crippen LogP) is -11.1. The van der Waals surface area contributed by atoms with Gasteiger partial charge in [0.25, 0.3) is 5.91 Å². The van der Waals surface area contributed by atoms with Crippen molar-refractivity contribution in [2.24, 2.45) is 15.0 Å². The first kappa shape index (κ1) is 24.5. The molecule has 0 aromatic heterocycles. The van der Waals surface area contributed by atoms with Crippen LogP contribution < -0.4 is 68.9 Å². The second kappa shape index (κ2) is 10.8. The summed E-state index contributed by atoms with van der Waals surface area (Å²) in [6.07, 6.45) is -2.54. The number of aliphatic hydroxyl groups excluding tert-OH is 3. The SMILES string of the molecule is O=P([O-])([O-])O.[2H]C12N=CN([C@@H]3O[C@H](CO)[C@@H](O)[C@H]3O)C1=NC=NC2=O.[Na+].[Na+]. The molecular formula is C10H13N4Na2O9P. The predicted molar refractivity (Wildman–Crippen MR) is 72.6 cm³/mol. The van der Waals surface area contributed by atoms with Gasteiger partial charge >= 0.3 is 59.1 Å². The van der Waals surface area contributed by atoms with Crippen molar-refractivity contribution >= 4 is 32.2 Å². The van der Waals surface area contributed by atoms with Crippen LogP contribution in [-0.4, -0.2) is 86.7 Å². The van der Waals surface area contributed by atoms with Crippen molar-refractivity contribution in [2.75, 3.05) is 6.61 Å². The standard InChI is InChI=1S/C10H12N4O5.2Na.H3O4P/c15-1-4-6(16)7(17)10(19-4)14-3-13-5-8(14)11-2-12-9(5)18;;;1-5(2,3)4/h2-7,10,15-17H,1H2;;;(H3,1,2,3,4)/q;2*+1;/p-2/t4-,5?,6-,7-,10-;;;/m1.../s1/i5D;;;. The zero-order chi connectivity index (χ0) is 19.0. The molecule has 134 valence electrons. The number of aliphatic hydroxyl groups is 3. The van der Waals surface area contributed by atoms with Crippen molar-refractivity contribution < 1.29 is 105 Å². The van der Waals surface area contributed by atoms with E-state index in [9.17, 15) is 15.0 Å². The van der Waals surface area contributed by atoms with Crippen LogP contribution in [0, 0.1) is 0 Å². The topological polar surface area (TPSA) is 211 Å². The van der Waals surface area contributed by atoms with Gasteiger partial charge in [0.1, 0.15) is 30.5 Å². The van der Waals surface area contributed by atoms with Gasteiger partial charge in [-0.2, -0.15) is 4.99 Å². The summed E-state index contributed by atoms with van der Waals surface area (Å²) in [5.74, 6) is -0.861. The molecule has 3 aliphatic heterocycles. The van der Waals surface area contributed by atoms with Crippen molar-refractivity contribution in [3.63, 3.8) is 0 Å². The van der Waals surface area contributed by atoms with Crippen LogP contribution in [0.2, 0.25) is 0 Å². The van der Waals surface area contributed by atoms with E-state index in [1.54, 1.807) is 0 Å². The molecule has 1 amide bonds. The van der Waals surface area contributed by atoms with Crippen molar-refractivity contribution in [3.05, 3.63) is 0 Å². The van der Waals surface area contributed by atoms with Crippen LogP contribution in [0.4, 0.5) is 0 Å². The Morgan fingerprint density at radius 1 is 1.35 bits per heavy atom. The molecule has 0 spiro atoms. The number of ether oxygens (including phenoxy) is 1. The number of amidine groups is 1. The molecule has 0 radical (unpaired) electrons. The molecule has 5 atom stereocenters. The van der Waals surface area contributed by atoms with Gasteiger partial charge in [0, 0.05) is 0 Å². The van der Waals surface area contributed by atoms with E-state index in [1.165, 1.54) is 4.90 Å². The monoisotopic (exact) mass is 411 g/mol. The van der Waals surface area contributed by atoms with E-state index in [0.717, 1.165) is 12.7 Å². The molecular weight excluding hydrogens is 397 g/mol. The number of aliphatic imine (C=N–C) groups is 3. The Morgan fingerprint density at radius 3 is 2.42 bits per heavy atom. The summed E-state index contributed by atoms with van der Waals surface area (Å²) in [5.41, 5.74) is 0. The summed E-state index contributed by atoms with van der Waals surface area (Å²) >= 11 is 0. The molecule has 3 aliphatic rings. The van der Waals surface area contributed by atoms with Crippen LogP contribution >= 0.6 is 7.82 Å².